The van der Waals surface area contributed by atoms with Crippen molar-refractivity contribution in [1.29, 1.82) is 0 Å². The first-order valence-corrected chi connectivity index (χ1v) is 5.10. The minimum atomic E-state index is -0.000460. The molecule has 88 valence electrons. The Morgan fingerprint density at radius 3 is 2.50 bits per heavy atom. The molecule has 0 saturated carbocycles. The zero-order valence-corrected chi connectivity index (χ0v) is 9.87. The number of ketones is 1. The van der Waals surface area contributed by atoms with Crippen LogP contribution in [-0.4, -0.2) is 26.5 Å². The van der Waals surface area contributed by atoms with Gasteiger partial charge in [-0.2, -0.15) is 0 Å². The molecule has 4 heteroatoms. The Morgan fingerprint density at radius 2 is 2.00 bits per heavy atom. The molecule has 0 amide bonds. The van der Waals surface area contributed by atoms with E-state index in [0.717, 1.165) is 5.56 Å². The monoisotopic (exact) mass is 223 g/mol. The fraction of sp³-hybridized carbons (Fsp3) is 0.417. The quantitative estimate of drug-likeness (QED) is 0.769. The first kappa shape index (κ1) is 12.5. The van der Waals surface area contributed by atoms with E-state index in [-0.39, 0.29) is 5.78 Å². The normalized spacial score (nSPS) is 10.0. The van der Waals surface area contributed by atoms with Gasteiger partial charge in [-0.1, -0.05) is 0 Å². The maximum absolute atomic E-state index is 11.8. The molecule has 0 unspecified atom stereocenters. The number of Topliss-reactive ketones (excluding diaryl/α,β-unsaturated/α-hetero) is 1. The molecule has 0 saturated heterocycles. The minimum absolute atomic E-state index is 0.000460. The Morgan fingerprint density at radius 1 is 1.31 bits per heavy atom. The third-order valence-corrected chi connectivity index (χ3v) is 2.38. The lowest BCUT2D eigenvalue weighted by Crippen LogP contribution is -2.11. The van der Waals surface area contributed by atoms with Gasteiger partial charge in [0.2, 0.25) is 0 Å². The summed E-state index contributed by atoms with van der Waals surface area (Å²) in [6.45, 7) is 2.20. The van der Waals surface area contributed by atoms with Gasteiger partial charge in [-0.25, -0.2) is 0 Å². The Bertz CT molecular complexity index is 388. The number of hydrogen-bond acceptors (Lipinski definition) is 4. The number of rotatable bonds is 5. The third kappa shape index (κ3) is 2.52. The molecule has 2 N–H and O–H groups in total. The van der Waals surface area contributed by atoms with Crippen molar-refractivity contribution in [3.63, 3.8) is 0 Å². The Balaban J connectivity index is 3.21. The fourth-order valence-corrected chi connectivity index (χ4v) is 1.62. The second kappa shape index (κ2) is 5.51. The molecule has 0 aliphatic heterocycles. The molecule has 0 aliphatic carbocycles. The third-order valence-electron chi connectivity index (χ3n) is 2.38. The van der Waals surface area contributed by atoms with Crippen molar-refractivity contribution in [3.8, 4) is 11.5 Å². The summed E-state index contributed by atoms with van der Waals surface area (Å²) in [5, 5.41) is 0. The van der Waals surface area contributed by atoms with Crippen LogP contribution < -0.4 is 15.2 Å². The van der Waals surface area contributed by atoms with Crippen LogP contribution in [0, 0.1) is 6.92 Å². The second-order valence-corrected chi connectivity index (χ2v) is 3.48. The van der Waals surface area contributed by atoms with Crippen LogP contribution >= 0.6 is 0 Å². The van der Waals surface area contributed by atoms with Crippen molar-refractivity contribution >= 4 is 5.78 Å². The van der Waals surface area contributed by atoms with E-state index in [4.69, 9.17) is 15.2 Å². The highest BCUT2D eigenvalue weighted by Crippen LogP contribution is 2.29. The van der Waals surface area contributed by atoms with Gasteiger partial charge in [0.1, 0.15) is 11.5 Å². The van der Waals surface area contributed by atoms with Crippen LogP contribution in [0.25, 0.3) is 0 Å². The summed E-state index contributed by atoms with van der Waals surface area (Å²) >= 11 is 0. The van der Waals surface area contributed by atoms with E-state index in [1.807, 2.05) is 13.0 Å². The van der Waals surface area contributed by atoms with Gasteiger partial charge in [0.25, 0.3) is 0 Å². The molecule has 4 nitrogen and oxygen atoms in total. The van der Waals surface area contributed by atoms with E-state index >= 15 is 0 Å². The van der Waals surface area contributed by atoms with Crippen LogP contribution in [0.2, 0.25) is 0 Å². The summed E-state index contributed by atoms with van der Waals surface area (Å²) in [5.74, 6) is 1.22. The lowest BCUT2D eigenvalue weighted by molar-refractivity contribution is 0.0982. The number of carbonyl (C=O) groups excluding carboxylic acids is 1. The van der Waals surface area contributed by atoms with Gasteiger partial charge in [-0.3, -0.25) is 4.79 Å². The number of methoxy groups -OCH3 is 2. The van der Waals surface area contributed by atoms with Gasteiger partial charge in [0.05, 0.1) is 19.8 Å². The molecular formula is C12H17NO3. The summed E-state index contributed by atoms with van der Waals surface area (Å²) < 4.78 is 10.3. The number of benzene rings is 1. The molecule has 1 rings (SSSR count). The van der Waals surface area contributed by atoms with Crippen molar-refractivity contribution in [3.05, 3.63) is 23.3 Å². The number of hydrogen-bond donors (Lipinski definition) is 1. The SMILES string of the molecule is COc1cc(C)c(C(=O)CCN)c(OC)c1. The van der Waals surface area contributed by atoms with E-state index in [1.165, 1.54) is 7.11 Å². The van der Waals surface area contributed by atoms with Crippen molar-refractivity contribution < 1.29 is 14.3 Å². The van der Waals surface area contributed by atoms with E-state index in [9.17, 15) is 4.79 Å². The predicted octanol–water partition coefficient (Wildman–Crippen LogP) is 1.54. The lowest BCUT2D eigenvalue weighted by atomic mass is 10.0. The highest BCUT2D eigenvalue weighted by atomic mass is 16.5. The summed E-state index contributed by atoms with van der Waals surface area (Å²) in [6.07, 6.45) is 0.323. The smallest absolute Gasteiger partial charge is 0.168 e. The molecule has 0 atom stereocenters. The van der Waals surface area contributed by atoms with E-state index in [1.54, 1.807) is 13.2 Å². The lowest BCUT2D eigenvalue weighted by Gasteiger charge is -2.12. The Labute approximate surface area is 95.3 Å². The van der Waals surface area contributed by atoms with Gasteiger partial charge in [0, 0.05) is 12.5 Å². The van der Waals surface area contributed by atoms with Crippen LogP contribution in [0.15, 0.2) is 12.1 Å². The maximum atomic E-state index is 11.8. The van der Waals surface area contributed by atoms with Crippen molar-refractivity contribution in [2.75, 3.05) is 20.8 Å². The molecule has 16 heavy (non-hydrogen) atoms. The second-order valence-electron chi connectivity index (χ2n) is 3.48. The number of aryl methyl sites for hydroxylation is 1. The van der Waals surface area contributed by atoms with Gasteiger partial charge >= 0.3 is 0 Å². The first-order valence-electron chi connectivity index (χ1n) is 5.10. The molecule has 0 aliphatic rings. The highest BCUT2D eigenvalue weighted by Gasteiger charge is 2.16. The van der Waals surface area contributed by atoms with Crippen molar-refractivity contribution in [1.82, 2.24) is 0 Å². The zero-order valence-electron chi connectivity index (χ0n) is 9.87. The molecule has 0 heterocycles. The summed E-state index contributed by atoms with van der Waals surface area (Å²) in [7, 11) is 3.11. The molecule has 0 fully saturated rings. The molecule has 0 spiro atoms. The molecule has 0 aromatic heterocycles. The number of carbonyl (C=O) groups is 1. The predicted molar refractivity (Wildman–Crippen MR) is 62.3 cm³/mol. The average Bonchev–Trinajstić information content (AvgIpc) is 2.27. The van der Waals surface area contributed by atoms with Gasteiger partial charge in [0.15, 0.2) is 5.78 Å². The summed E-state index contributed by atoms with van der Waals surface area (Å²) in [4.78, 5) is 11.8. The zero-order chi connectivity index (χ0) is 12.1. The number of nitrogens with two attached hydrogens (primary N) is 1. The van der Waals surface area contributed by atoms with Gasteiger partial charge in [-0.15, -0.1) is 0 Å². The Hall–Kier alpha value is -1.55. The Kier molecular flexibility index (Phi) is 4.31. The molecular weight excluding hydrogens is 206 g/mol. The largest absolute Gasteiger partial charge is 0.497 e. The van der Waals surface area contributed by atoms with E-state index in [0.29, 0.717) is 30.0 Å². The van der Waals surface area contributed by atoms with Crippen LogP contribution in [0.1, 0.15) is 22.3 Å². The minimum Gasteiger partial charge on any atom is -0.497 e. The molecule has 0 radical (unpaired) electrons. The molecule has 1 aromatic rings. The van der Waals surface area contributed by atoms with E-state index in [2.05, 4.69) is 0 Å². The topological polar surface area (TPSA) is 61.5 Å². The average molecular weight is 223 g/mol. The summed E-state index contributed by atoms with van der Waals surface area (Å²) in [6, 6.07) is 3.52. The summed E-state index contributed by atoms with van der Waals surface area (Å²) in [5.41, 5.74) is 6.81. The van der Waals surface area contributed by atoms with Crippen molar-refractivity contribution in [2.45, 2.75) is 13.3 Å². The fourth-order valence-electron chi connectivity index (χ4n) is 1.62. The van der Waals surface area contributed by atoms with Crippen LogP contribution in [0.5, 0.6) is 11.5 Å². The van der Waals surface area contributed by atoms with Gasteiger partial charge in [-0.05, 0) is 25.1 Å². The van der Waals surface area contributed by atoms with Crippen LogP contribution in [-0.2, 0) is 0 Å². The standard InChI is InChI=1S/C12H17NO3/c1-8-6-9(15-2)7-11(16-3)12(8)10(14)4-5-13/h6-7H,4-5,13H2,1-3H3. The highest BCUT2D eigenvalue weighted by molar-refractivity contribution is 6.00. The van der Waals surface area contributed by atoms with E-state index < -0.39 is 0 Å². The molecule has 0 bridgehead atoms. The number of ether oxygens (including phenoxy) is 2. The van der Waals surface area contributed by atoms with Crippen LogP contribution in [0.4, 0.5) is 0 Å². The maximum Gasteiger partial charge on any atom is 0.168 e. The molecule has 1 aromatic carbocycles. The van der Waals surface area contributed by atoms with Crippen LogP contribution in [0.3, 0.4) is 0 Å². The van der Waals surface area contributed by atoms with Crippen molar-refractivity contribution in [2.24, 2.45) is 5.73 Å². The van der Waals surface area contributed by atoms with Gasteiger partial charge < -0.3 is 15.2 Å². The first-order chi connectivity index (χ1) is 7.63.